The topological polar surface area (TPSA) is 83.0 Å². The van der Waals surface area contributed by atoms with Gasteiger partial charge in [-0.05, 0) is 43.0 Å². The zero-order valence-corrected chi connectivity index (χ0v) is 18.6. The summed E-state index contributed by atoms with van der Waals surface area (Å²) in [7, 11) is -3.44. The van der Waals surface area contributed by atoms with Crippen LogP contribution in [0.2, 0.25) is 0 Å². The number of rotatable bonds is 7. The Balaban J connectivity index is 1.64. The van der Waals surface area contributed by atoms with Crippen LogP contribution in [0.5, 0.6) is 0 Å². The van der Waals surface area contributed by atoms with Crippen molar-refractivity contribution in [3.63, 3.8) is 0 Å². The molecular weight excluding hydrogens is 416 g/mol. The van der Waals surface area contributed by atoms with E-state index in [1.807, 2.05) is 13.0 Å². The monoisotopic (exact) mass is 442 g/mol. The highest BCUT2D eigenvalue weighted by Gasteiger charge is 2.27. The molecule has 2 aromatic rings. The highest BCUT2D eigenvalue weighted by atomic mass is 32.2. The summed E-state index contributed by atoms with van der Waals surface area (Å²) in [5, 5.41) is 8.65. The molecule has 2 N–H and O–H groups in total. The average Bonchev–Trinajstić information content (AvgIpc) is 3.34. The lowest BCUT2D eigenvalue weighted by molar-refractivity contribution is 0.0731. The number of nitrogens with one attached hydrogen (secondary N) is 2. The van der Waals surface area contributed by atoms with Gasteiger partial charge in [0.25, 0.3) is 10.0 Å². The molecule has 0 aliphatic carbocycles. The summed E-state index contributed by atoms with van der Waals surface area (Å²) in [5.74, 6) is 0.723. The first-order chi connectivity index (χ1) is 13.5. The zero-order valence-electron chi connectivity index (χ0n) is 16.1. The minimum absolute atomic E-state index is 0.367. The molecule has 1 aliphatic heterocycles. The van der Waals surface area contributed by atoms with Crippen LogP contribution in [0.4, 0.5) is 0 Å². The molecule has 28 heavy (non-hydrogen) atoms. The SMILES string of the molecule is CCNC(=NCc1ccc(S(=O)(=O)N2CCOCC2)s1)NCc1sccc1C. The van der Waals surface area contributed by atoms with E-state index in [0.29, 0.717) is 37.1 Å². The van der Waals surface area contributed by atoms with Gasteiger partial charge in [-0.2, -0.15) is 4.31 Å². The fourth-order valence-corrected chi connectivity index (χ4v) is 6.43. The minimum atomic E-state index is -3.44. The molecule has 0 spiro atoms. The molecule has 0 unspecified atom stereocenters. The molecule has 1 aliphatic rings. The molecule has 0 saturated carbocycles. The number of hydrogen-bond donors (Lipinski definition) is 2. The van der Waals surface area contributed by atoms with E-state index in [4.69, 9.17) is 4.74 Å². The largest absolute Gasteiger partial charge is 0.379 e. The smallest absolute Gasteiger partial charge is 0.252 e. The molecule has 0 amide bonds. The fourth-order valence-electron chi connectivity index (χ4n) is 2.74. The molecule has 3 heterocycles. The van der Waals surface area contributed by atoms with E-state index < -0.39 is 10.0 Å². The number of thiophene rings is 2. The number of aliphatic imine (C=N–C) groups is 1. The number of ether oxygens (including phenoxy) is 1. The van der Waals surface area contributed by atoms with Crippen molar-refractivity contribution in [3.05, 3.63) is 38.9 Å². The number of aryl methyl sites for hydroxylation is 1. The predicted molar refractivity (Wildman–Crippen MR) is 115 cm³/mol. The van der Waals surface area contributed by atoms with Gasteiger partial charge in [0.1, 0.15) is 4.21 Å². The standard InChI is InChI=1S/C18H26N4O3S3/c1-3-19-18(21-13-16-14(2)6-11-26-16)20-12-15-4-5-17(27-15)28(23,24)22-7-9-25-10-8-22/h4-6,11H,3,7-10,12-13H2,1-2H3,(H2,19,20,21). The zero-order chi connectivity index (χ0) is 20.0. The van der Waals surface area contributed by atoms with Crippen LogP contribution >= 0.6 is 22.7 Å². The molecule has 3 rings (SSSR count). The lowest BCUT2D eigenvalue weighted by Crippen LogP contribution is -2.40. The Kier molecular flexibility index (Phi) is 7.47. The summed E-state index contributed by atoms with van der Waals surface area (Å²) >= 11 is 3.00. The third-order valence-corrected chi connectivity index (χ3v) is 8.78. The van der Waals surface area contributed by atoms with E-state index in [1.54, 1.807) is 17.4 Å². The van der Waals surface area contributed by atoms with Crippen LogP contribution in [0.25, 0.3) is 0 Å². The van der Waals surface area contributed by atoms with Gasteiger partial charge in [0, 0.05) is 29.4 Å². The molecular formula is C18H26N4O3S3. The van der Waals surface area contributed by atoms with Gasteiger partial charge >= 0.3 is 0 Å². The van der Waals surface area contributed by atoms with Gasteiger partial charge in [-0.25, -0.2) is 13.4 Å². The van der Waals surface area contributed by atoms with Crippen LogP contribution in [0.15, 0.2) is 32.8 Å². The first-order valence-corrected chi connectivity index (χ1v) is 12.4. The van der Waals surface area contributed by atoms with Crippen LogP contribution in [0.1, 0.15) is 22.2 Å². The maximum atomic E-state index is 12.7. The van der Waals surface area contributed by atoms with Gasteiger partial charge in [0.15, 0.2) is 5.96 Å². The summed E-state index contributed by atoms with van der Waals surface area (Å²) < 4.78 is 32.6. The van der Waals surface area contributed by atoms with Gasteiger partial charge in [-0.3, -0.25) is 0 Å². The van der Waals surface area contributed by atoms with E-state index in [0.717, 1.165) is 23.9 Å². The molecule has 0 radical (unpaired) electrons. The second-order valence-electron chi connectivity index (χ2n) is 6.31. The van der Waals surface area contributed by atoms with Gasteiger partial charge in [-0.1, -0.05) is 0 Å². The van der Waals surface area contributed by atoms with Crippen LogP contribution < -0.4 is 10.6 Å². The highest BCUT2D eigenvalue weighted by Crippen LogP contribution is 2.26. The van der Waals surface area contributed by atoms with Crippen molar-refractivity contribution in [1.29, 1.82) is 0 Å². The average molecular weight is 443 g/mol. The Morgan fingerprint density at radius 1 is 1.25 bits per heavy atom. The molecule has 0 bridgehead atoms. The van der Waals surface area contributed by atoms with Crippen molar-refractivity contribution in [2.45, 2.75) is 31.1 Å². The minimum Gasteiger partial charge on any atom is -0.379 e. The van der Waals surface area contributed by atoms with Crippen LogP contribution in [0, 0.1) is 6.92 Å². The van der Waals surface area contributed by atoms with E-state index in [2.05, 4.69) is 34.0 Å². The maximum absolute atomic E-state index is 12.7. The lowest BCUT2D eigenvalue weighted by Gasteiger charge is -2.25. The number of sulfonamides is 1. The molecule has 7 nitrogen and oxygen atoms in total. The molecule has 154 valence electrons. The first kappa shape index (κ1) is 21.3. The second kappa shape index (κ2) is 9.84. The Hall–Kier alpha value is -1.46. The Morgan fingerprint density at radius 2 is 2.04 bits per heavy atom. The number of guanidine groups is 1. The van der Waals surface area contributed by atoms with Gasteiger partial charge < -0.3 is 15.4 Å². The third-order valence-electron chi connectivity index (χ3n) is 4.32. The predicted octanol–water partition coefficient (Wildman–Crippen LogP) is 2.39. The Labute approximate surface area is 174 Å². The summed E-state index contributed by atoms with van der Waals surface area (Å²) in [6.45, 7) is 7.74. The Morgan fingerprint density at radius 3 is 2.71 bits per heavy atom. The van der Waals surface area contributed by atoms with Crippen molar-refractivity contribution in [2.24, 2.45) is 4.99 Å². The number of morpholine rings is 1. The molecule has 10 heteroatoms. The quantitative estimate of drug-likeness (QED) is 0.508. The van der Waals surface area contributed by atoms with Crippen LogP contribution in [0.3, 0.4) is 0 Å². The van der Waals surface area contributed by atoms with Crippen molar-refractivity contribution in [3.8, 4) is 0 Å². The third kappa shape index (κ3) is 5.32. The number of nitrogens with zero attached hydrogens (tertiary/aromatic N) is 2. The van der Waals surface area contributed by atoms with E-state index in [1.165, 1.54) is 26.1 Å². The maximum Gasteiger partial charge on any atom is 0.252 e. The van der Waals surface area contributed by atoms with Crippen molar-refractivity contribution >= 4 is 38.7 Å². The molecule has 2 aromatic heterocycles. The summed E-state index contributed by atoms with van der Waals surface area (Å²) in [4.78, 5) is 6.79. The van der Waals surface area contributed by atoms with Gasteiger partial charge in [0.05, 0.1) is 26.3 Å². The van der Waals surface area contributed by atoms with Crippen molar-refractivity contribution in [1.82, 2.24) is 14.9 Å². The summed E-state index contributed by atoms with van der Waals surface area (Å²) in [6, 6.07) is 5.62. The highest BCUT2D eigenvalue weighted by molar-refractivity contribution is 7.91. The molecule has 1 saturated heterocycles. The molecule has 0 aromatic carbocycles. The first-order valence-electron chi connectivity index (χ1n) is 9.22. The van der Waals surface area contributed by atoms with Crippen LogP contribution in [-0.2, 0) is 27.8 Å². The molecule has 0 atom stereocenters. The van der Waals surface area contributed by atoms with Gasteiger partial charge in [-0.15, -0.1) is 22.7 Å². The van der Waals surface area contributed by atoms with Crippen molar-refractivity contribution in [2.75, 3.05) is 32.8 Å². The summed E-state index contributed by atoms with van der Waals surface area (Å²) in [5.41, 5.74) is 1.27. The van der Waals surface area contributed by atoms with Gasteiger partial charge in [0.2, 0.25) is 0 Å². The Bertz CT molecular complexity index is 899. The van der Waals surface area contributed by atoms with E-state index >= 15 is 0 Å². The second-order valence-corrected chi connectivity index (χ2v) is 10.6. The summed E-state index contributed by atoms with van der Waals surface area (Å²) in [6.07, 6.45) is 0. The number of hydrogen-bond acceptors (Lipinski definition) is 6. The fraction of sp³-hybridized carbons (Fsp3) is 0.500. The van der Waals surface area contributed by atoms with E-state index in [9.17, 15) is 8.42 Å². The van der Waals surface area contributed by atoms with Crippen molar-refractivity contribution < 1.29 is 13.2 Å². The van der Waals surface area contributed by atoms with Crippen LogP contribution in [-0.4, -0.2) is 51.5 Å². The van der Waals surface area contributed by atoms with E-state index in [-0.39, 0.29) is 0 Å². The molecule has 1 fully saturated rings. The normalized spacial score (nSPS) is 16.3. The lowest BCUT2D eigenvalue weighted by atomic mass is 10.3.